The molecule has 0 saturated carbocycles. The Labute approximate surface area is 130 Å². The number of nitrogens with one attached hydrogen (secondary N) is 1. The Morgan fingerprint density at radius 1 is 1.19 bits per heavy atom. The van der Waals surface area contributed by atoms with E-state index < -0.39 is 0 Å². The monoisotopic (exact) mass is 295 g/mol. The Bertz CT molecular complexity index is 357. The SMILES string of the molecule is CC(C)C(=O)N1CCC2(CC1)CN(CCNC(C)(C)C)C2. The van der Waals surface area contributed by atoms with Crippen LogP contribution in [-0.4, -0.2) is 60.5 Å². The summed E-state index contributed by atoms with van der Waals surface area (Å²) in [5.41, 5.74) is 0.723. The van der Waals surface area contributed by atoms with Crippen molar-refractivity contribution in [1.82, 2.24) is 15.1 Å². The van der Waals surface area contributed by atoms with Gasteiger partial charge in [-0.2, -0.15) is 0 Å². The quantitative estimate of drug-likeness (QED) is 0.861. The molecule has 4 heteroatoms. The van der Waals surface area contributed by atoms with E-state index >= 15 is 0 Å². The number of nitrogens with zero attached hydrogens (tertiary/aromatic N) is 2. The third kappa shape index (κ3) is 4.43. The normalized spacial score (nSPS) is 22.7. The standard InChI is InChI=1S/C17H33N3O/c1-14(2)15(21)20-9-6-17(7-10-20)12-19(13-17)11-8-18-16(3,4)5/h14,18H,6-13H2,1-5H3. The summed E-state index contributed by atoms with van der Waals surface area (Å²) in [5.74, 6) is 0.468. The van der Waals surface area contributed by atoms with Gasteiger partial charge in [-0.05, 0) is 39.0 Å². The summed E-state index contributed by atoms with van der Waals surface area (Å²) in [6.07, 6.45) is 2.38. The number of hydrogen-bond donors (Lipinski definition) is 1. The molecule has 2 fully saturated rings. The van der Waals surface area contributed by atoms with Gasteiger partial charge in [-0.15, -0.1) is 0 Å². The van der Waals surface area contributed by atoms with Crippen LogP contribution in [0.4, 0.5) is 0 Å². The average Bonchev–Trinajstić information content (AvgIpc) is 2.35. The lowest BCUT2D eigenvalue weighted by Crippen LogP contribution is -2.62. The first kappa shape index (κ1) is 16.8. The fourth-order valence-corrected chi connectivity index (χ4v) is 3.53. The van der Waals surface area contributed by atoms with Gasteiger partial charge in [0, 0.05) is 50.7 Å². The molecule has 0 atom stereocenters. The number of hydrogen-bond acceptors (Lipinski definition) is 3. The zero-order valence-corrected chi connectivity index (χ0v) is 14.5. The molecule has 1 N–H and O–H groups in total. The van der Waals surface area contributed by atoms with Crippen molar-refractivity contribution in [2.75, 3.05) is 39.3 Å². The molecule has 1 spiro atoms. The molecule has 0 bridgehead atoms. The Morgan fingerprint density at radius 3 is 2.24 bits per heavy atom. The van der Waals surface area contributed by atoms with Crippen LogP contribution >= 0.6 is 0 Å². The lowest BCUT2D eigenvalue weighted by molar-refractivity contribution is -0.139. The molecule has 1 amide bonds. The van der Waals surface area contributed by atoms with Gasteiger partial charge in [-0.3, -0.25) is 4.79 Å². The molecule has 2 aliphatic heterocycles. The molecule has 2 heterocycles. The summed E-state index contributed by atoms with van der Waals surface area (Å²) in [5, 5.41) is 3.55. The van der Waals surface area contributed by atoms with Crippen LogP contribution in [0.15, 0.2) is 0 Å². The van der Waals surface area contributed by atoms with Gasteiger partial charge in [0.1, 0.15) is 0 Å². The van der Waals surface area contributed by atoms with Gasteiger partial charge >= 0.3 is 0 Å². The van der Waals surface area contributed by atoms with Crippen molar-refractivity contribution in [3.8, 4) is 0 Å². The van der Waals surface area contributed by atoms with Crippen molar-refractivity contribution in [3.05, 3.63) is 0 Å². The van der Waals surface area contributed by atoms with Crippen LogP contribution in [0.25, 0.3) is 0 Å². The van der Waals surface area contributed by atoms with Crippen LogP contribution in [0.3, 0.4) is 0 Å². The van der Waals surface area contributed by atoms with Crippen LogP contribution in [0, 0.1) is 11.3 Å². The zero-order chi connectivity index (χ0) is 15.7. The van der Waals surface area contributed by atoms with Crippen molar-refractivity contribution >= 4 is 5.91 Å². The summed E-state index contributed by atoms with van der Waals surface area (Å²) in [6.45, 7) is 17.2. The van der Waals surface area contributed by atoms with Crippen LogP contribution in [0.2, 0.25) is 0 Å². The molecular formula is C17H33N3O. The minimum atomic E-state index is 0.139. The van der Waals surface area contributed by atoms with Gasteiger partial charge in [0.2, 0.25) is 5.91 Å². The highest BCUT2D eigenvalue weighted by Crippen LogP contribution is 2.40. The second kappa shape index (κ2) is 6.25. The predicted octanol–water partition coefficient (Wildman–Crippen LogP) is 1.95. The maximum absolute atomic E-state index is 12.0. The fraction of sp³-hybridized carbons (Fsp3) is 0.941. The molecule has 0 aromatic rings. The highest BCUT2D eigenvalue weighted by atomic mass is 16.2. The number of likely N-dealkylation sites (tertiary alicyclic amines) is 2. The summed E-state index contributed by atoms with van der Waals surface area (Å²) >= 11 is 0. The minimum absolute atomic E-state index is 0.139. The van der Waals surface area contributed by atoms with E-state index in [0.717, 1.165) is 26.2 Å². The average molecular weight is 295 g/mol. The Balaban J connectivity index is 1.67. The Hall–Kier alpha value is -0.610. The molecule has 21 heavy (non-hydrogen) atoms. The molecule has 2 aliphatic rings. The Kier molecular flexibility index (Phi) is 4.99. The number of piperidine rings is 1. The third-order valence-corrected chi connectivity index (χ3v) is 4.83. The molecule has 0 aliphatic carbocycles. The van der Waals surface area contributed by atoms with Gasteiger partial charge < -0.3 is 15.1 Å². The molecule has 0 unspecified atom stereocenters. The largest absolute Gasteiger partial charge is 0.342 e. The predicted molar refractivity (Wildman–Crippen MR) is 87.3 cm³/mol. The maximum Gasteiger partial charge on any atom is 0.225 e. The highest BCUT2D eigenvalue weighted by Gasteiger charge is 2.45. The second-order valence-corrected chi connectivity index (χ2v) is 8.37. The maximum atomic E-state index is 12.0. The number of carbonyl (C=O) groups excluding carboxylic acids is 1. The van der Waals surface area contributed by atoms with Crippen LogP contribution < -0.4 is 5.32 Å². The summed E-state index contributed by atoms with van der Waals surface area (Å²) in [4.78, 5) is 16.6. The molecule has 122 valence electrons. The van der Waals surface area contributed by atoms with Gasteiger partial charge in [-0.25, -0.2) is 0 Å². The van der Waals surface area contributed by atoms with Crippen LogP contribution in [-0.2, 0) is 4.79 Å². The number of carbonyl (C=O) groups is 1. The highest BCUT2D eigenvalue weighted by molar-refractivity contribution is 5.78. The molecule has 2 rings (SSSR count). The van der Waals surface area contributed by atoms with Gasteiger partial charge in [0.05, 0.1) is 0 Å². The molecular weight excluding hydrogens is 262 g/mol. The molecule has 0 radical (unpaired) electrons. The van der Waals surface area contributed by atoms with Gasteiger partial charge in [0.25, 0.3) is 0 Å². The van der Waals surface area contributed by atoms with Crippen LogP contribution in [0.1, 0.15) is 47.5 Å². The van der Waals surface area contributed by atoms with E-state index in [1.807, 2.05) is 13.8 Å². The van der Waals surface area contributed by atoms with E-state index in [0.29, 0.717) is 11.3 Å². The second-order valence-electron chi connectivity index (χ2n) is 8.37. The van der Waals surface area contributed by atoms with Crippen LogP contribution in [0.5, 0.6) is 0 Å². The lowest BCUT2D eigenvalue weighted by Gasteiger charge is -2.54. The molecule has 2 saturated heterocycles. The van der Waals surface area contributed by atoms with Crippen molar-refractivity contribution < 1.29 is 4.79 Å². The Morgan fingerprint density at radius 2 is 1.76 bits per heavy atom. The van der Waals surface area contributed by atoms with Crippen molar-refractivity contribution in [2.24, 2.45) is 11.3 Å². The fourth-order valence-electron chi connectivity index (χ4n) is 3.53. The van der Waals surface area contributed by atoms with Crippen molar-refractivity contribution in [1.29, 1.82) is 0 Å². The van der Waals surface area contributed by atoms with E-state index in [-0.39, 0.29) is 11.5 Å². The van der Waals surface area contributed by atoms with Gasteiger partial charge in [0.15, 0.2) is 0 Å². The summed E-state index contributed by atoms with van der Waals surface area (Å²) in [7, 11) is 0. The van der Waals surface area contributed by atoms with E-state index in [9.17, 15) is 4.79 Å². The summed E-state index contributed by atoms with van der Waals surface area (Å²) in [6, 6.07) is 0. The first-order valence-electron chi connectivity index (χ1n) is 8.47. The van der Waals surface area contributed by atoms with Crippen molar-refractivity contribution in [3.63, 3.8) is 0 Å². The molecule has 0 aromatic carbocycles. The van der Waals surface area contributed by atoms with E-state index in [4.69, 9.17) is 0 Å². The number of rotatable bonds is 4. The number of amides is 1. The zero-order valence-electron chi connectivity index (χ0n) is 14.5. The lowest BCUT2D eigenvalue weighted by atomic mass is 9.72. The third-order valence-electron chi connectivity index (χ3n) is 4.83. The summed E-state index contributed by atoms with van der Waals surface area (Å²) < 4.78 is 0. The topological polar surface area (TPSA) is 35.6 Å². The van der Waals surface area contributed by atoms with Crippen molar-refractivity contribution in [2.45, 2.75) is 53.0 Å². The van der Waals surface area contributed by atoms with Gasteiger partial charge in [-0.1, -0.05) is 13.8 Å². The van der Waals surface area contributed by atoms with E-state index in [1.165, 1.54) is 25.9 Å². The van der Waals surface area contributed by atoms with E-state index in [2.05, 4.69) is 35.9 Å². The minimum Gasteiger partial charge on any atom is -0.342 e. The first-order valence-corrected chi connectivity index (χ1v) is 8.47. The smallest absolute Gasteiger partial charge is 0.225 e. The molecule has 4 nitrogen and oxygen atoms in total. The molecule has 0 aromatic heterocycles. The van der Waals surface area contributed by atoms with E-state index in [1.54, 1.807) is 0 Å². The first-order chi connectivity index (χ1) is 9.71.